The summed E-state index contributed by atoms with van der Waals surface area (Å²) in [6.45, 7) is 0.180. The van der Waals surface area contributed by atoms with Gasteiger partial charge < -0.3 is 20.6 Å². The van der Waals surface area contributed by atoms with Gasteiger partial charge in [-0.1, -0.05) is 29.8 Å². The maximum absolute atomic E-state index is 12.5. The summed E-state index contributed by atoms with van der Waals surface area (Å²) in [7, 11) is 0. The molecule has 1 heterocycles. The Morgan fingerprint density at radius 3 is 2.73 bits per heavy atom. The molecular weight excluding hydrogens is 354 g/mol. The molecule has 0 bridgehead atoms. The Bertz CT molecular complexity index is 882. The van der Waals surface area contributed by atoms with E-state index in [1.807, 2.05) is 29.2 Å². The molecule has 1 fully saturated rings. The average molecular weight is 372 g/mol. The largest absolute Gasteiger partial charge is 0.465 e. The second kappa shape index (κ2) is 6.53. The lowest BCUT2D eigenvalue weighted by molar-refractivity contribution is -0.117. The zero-order valence-electron chi connectivity index (χ0n) is 13.9. The van der Waals surface area contributed by atoms with Gasteiger partial charge in [0.05, 0.1) is 22.9 Å². The zero-order valence-corrected chi connectivity index (χ0v) is 14.7. The van der Waals surface area contributed by atoms with E-state index >= 15 is 0 Å². The number of amides is 2. The van der Waals surface area contributed by atoms with Crippen molar-refractivity contribution in [3.63, 3.8) is 0 Å². The van der Waals surface area contributed by atoms with Crippen molar-refractivity contribution in [2.45, 2.75) is 24.8 Å². The van der Waals surface area contributed by atoms with Gasteiger partial charge in [0, 0.05) is 5.69 Å². The fraction of sp³-hybridized carbons (Fsp3) is 0.263. The second-order valence-corrected chi connectivity index (χ2v) is 7.01. The number of hydrogen-bond acceptors (Lipinski definition) is 3. The van der Waals surface area contributed by atoms with Crippen molar-refractivity contribution in [1.82, 2.24) is 5.32 Å². The van der Waals surface area contributed by atoms with E-state index in [4.69, 9.17) is 16.7 Å². The smallest absolute Gasteiger partial charge is 0.405 e. The molecule has 2 aromatic carbocycles. The standard InChI is InChI=1S/C19H18ClN3O3/c20-14-5-2-6-16-17(14)22-18(24)15(21-19(25)26)10-23(16)13-4-1-3-12(9-13)11-7-8-11/h1-6,9,11,15,21H,7-8,10H2,(H,22,24)(H,25,26). The first-order valence-electron chi connectivity index (χ1n) is 8.49. The molecule has 6 nitrogen and oxygen atoms in total. The summed E-state index contributed by atoms with van der Waals surface area (Å²) in [6, 6.07) is 12.6. The van der Waals surface area contributed by atoms with Crippen molar-refractivity contribution in [1.29, 1.82) is 0 Å². The average Bonchev–Trinajstić information content (AvgIpc) is 3.45. The van der Waals surface area contributed by atoms with Crippen molar-refractivity contribution in [2.75, 3.05) is 16.8 Å². The van der Waals surface area contributed by atoms with Gasteiger partial charge in [0.2, 0.25) is 5.91 Å². The minimum Gasteiger partial charge on any atom is -0.465 e. The fourth-order valence-electron chi connectivity index (χ4n) is 3.30. The second-order valence-electron chi connectivity index (χ2n) is 6.61. The van der Waals surface area contributed by atoms with Gasteiger partial charge in [-0.15, -0.1) is 0 Å². The third-order valence-corrected chi connectivity index (χ3v) is 5.06. The Hall–Kier alpha value is -2.73. The van der Waals surface area contributed by atoms with E-state index in [0.29, 0.717) is 16.6 Å². The lowest BCUT2D eigenvalue weighted by Gasteiger charge is -2.27. The van der Waals surface area contributed by atoms with Gasteiger partial charge in [0.15, 0.2) is 0 Å². The molecule has 1 unspecified atom stereocenters. The molecule has 7 heteroatoms. The Labute approximate surface area is 155 Å². The number of halogens is 1. The van der Waals surface area contributed by atoms with Crippen LogP contribution in [0.2, 0.25) is 5.02 Å². The summed E-state index contributed by atoms with van der Waals surface area (Å²) < 4.78 is 0. The van der Waals surface area contributed by atoms with Crippen molar-refractivity contribution in [3.05, 3.63) is 53.1 Å². The molecule has 0 aromatic heterocycles. The van der Waals surface area contributed by atoms with Crippen LogP contribution < -0.4 is 15.5 Å². The highest BCUT2D eigenvalue weighted by molar-refractivity contribution is 6.34. The lowest BCUT2D eigenvalue weighted by atomic mass is 10.1. The van der Waals surface area contributed by atoms with E-state index in [1.165, 1.54) is 18.4 Å². The number of nitrogens with zero attached hydrogens (tertiary/aromatic N) is 1. The maximum atomic E-state index is 12.5. The first-order valence-corrected chi connectivity index (χ1v) is 8.87. The van der Waals surface area contributed by atoms with Crippen LogP contribution in [0.15, 0.2) is 42.5 Å². The van der Waals surface area contributed by atoms with E-state index in [0.717, 1.165) is 11.4 Å². The highest BCUT2D eigenvalue weighted by atomic mass is 35.5. The molecule has 2 aromatic rings. The van der Waals surface area contributed by atoms with Crippen molar-refractivity contribution >= 4 is 40.7 Å². The number of carbonyl (C=O) groups excluding carboxylic acids is 1. The topological polar surface area (TPSA) is 81.7 Å². The SMILES string of the molecule is O=C(O)NC1CN(c2cccc(C3CC3)c2)c2cccc(Cl)c2NC1=O. The number of para-hydroxylation sites is 1. The molecule has 2 aliphatic rings. The van der Waals surface area contributed by atoms with Crippen molar-refractivity contribution in [2.24, 2.45) is 0 Å². The minimum absolute atomic E-state index is 0.180. The van der Waals surface area contributed by atoms with Crippen LogP contribution in [-0.4, -0.2) is 29.7 Å². The number of rotatable bonds is 3. The zero-order chi connectivity index (χ0) is 18.3. The van der Waals surface area contributed by atoms with Gasteiger partial charge in [-0.05, 0) is 48.6 Å². The third kappa shape index (κ3) is 3.20. The summed E-state index contributed by atoms with van der Waals surface area (Å²) in [5, 5.41) is 14.6. The highest BCUT2D eigenvalue weighted by Crippen LogP contribution is 2.43. The number of benzene rings is 2. The van der Waals surface area contributed by atoms with Crippen LogP contribution in [-0.2, 0) is 4.79 Å². The van der Waals surface area contributed by atoms with Crippen LogP contribution in [0.3, 0.4) is 0 Å². The van der Waals surface area contributed by atoms with E-state index in [-0.39, 0.29) is 6.54 Å². The normalized spacial score (nSPS) is 19.3. The molecular formula is C19H18ClN3O3. The number of carboxylic acid groups (broad SMARTS) is 1. The van der Waals surface area contributed by atoms with Crippen LogP contribution in [0.25, 0.3) is 0 Å². The number of nitrogens with one attached hydrogen (secondary N) is 2. The van der Waals surface area contributed by atoms with Gasteiger partial charge in [0.25, 0.3) is 0 Å². The molecule has 1 saturated carbocycles. The monoisotopic (exact) mass is 371 g/mol. The molecule has 1 aliphatic heterocycles. The molecule has 2 amide bonds. The molecule has 0 radical (unpaired) electrons. The van der Waals surface area contributed by atoms with Gasteiger partial charge in [-0.25, -0.2) is 4.79 Å². The first-order chi connectivity index (χ1) is 12.5. The van der Waals surface area contributed by atoms with Crippen LogP contribution >= 0.6 is 11.6 Å². The Kier molecular flexibility index (Phi) is 4.20. The number of carbonyl (C=O) groups is 2. The van der Waals surface area contributed by atoms with E-state index in [2.05, 4.69) is 22.8 Å². The Morgan fingerprint density at radius 1 is 1.23 bits per heavy atom. The molecule has 0 saturated heterocycles. The predicted molar refractivity (Wildman–Crippen MR) is 100 cm³/mol. The molecule has 1 aliphatic carbocycles. The quantitative estimate of drug-likeness (QED) is 0.763. The van der Waals surface area contributed by atoms with Gasteiger partial charge in [0.1, 0.15) is 6.04 Å². The molecule has 3 N–H and O–H groups in total. The lowest BCUT2D eigenvalue weighted by Crippen LogP contribution is -2.47. The fourth-order valence-corrected chi connectivity index (χ4v) is 3.52. The molecule has 26 heavy (non-hydrogen) atoms. The maximum Gasteiger partial charge on any atom is 0.405 e. The molecule has 0 spiro atoms. The summed E-state index contributed by atoms with van der Waals surface area (Å²) >= 11 is 6.30. The Morgan fingerprint density at radius 2 is 2.00 bits per heavy atom. The first kappa shape index (κ1) is 16.7. The summed E-state index contributed by atoms with van der Waals surface area (Å²) in [5.41, 5.74) is 3.41. The van der Waals surface area contributed by atoms with Crippen molar-refractivity contribution < 1.29 is 14.7 Å². The predicted octanol–water partition coefficient (Wildman–Crippen LogP) is 3.94. The van der Waals surface area contributed by atoms with E-state index in [9.17, 15) is 9.59 Å². The van der Waals surface area contributed by atoms with Crippen LogP contribution in [0.4, 0.5) is 21.9 Å². The summed E-state index contributed by atoms with van der Waals surface area (Å²) in [4.78, 5) is 25.6. The van der Waals surface area contributed by atoms with E-state index < -0.39 is 18.0 Å². The number of fused-ring (bicyclic) bond motifs is 1. The van der Waals surface area contributed by atoms with Crippen molar-refractivity contribution in [3.8, 4) is 0 Å². The molecule has 134 valence electrons. The number of anilines is 3. The highest BCUT2D eigenvalue weighted by Gasteiger charge is 2.31. The van der Waals surface area contributed by atoms with Crippen LogP contribution in [0.5, 0.6) is 0 Å². The third-order valence-electron chi connectivity index (χ3n) is 4.74. The number of hydrogen-bond donors (Lipinski definition) is 3. The van der Waals surface area contributed by atoms with Crippen LogP contribution in [0.1, 0.15) is 24.3 Å². The minimum atomic E-state index is -1.24. The molecule has 4 rings (SSSR count). The van der Waals surface area contributed by atoms with Gasteiger partial charge in [-0.2, -0.15) is 0 Å². The van der Waals surface area contributed by atoms with Gasteiger partial charge >= 0.3 is 6.09 Å². The molecule has 1 atom stereocenters. The van der Waals surface area contributed by atoms with Crippen LogP contribution in [0, 0.1) is 0 Å². The summed E-state index contributed by atoms with van der Waals surface area (Å²) in [6.07, 6.45) is 1.14. The van der Waals surface area contributed by atoms with E-state index in [1.54, 1.807) is 6.07 Å². The Balaban J connectivity index is 1.79. The summed E-state index contributed by atoms with van der Waals surface area (Å²) in [5.74, 6) is 0.163. The van der Waals surface area contributed by atoms with Gasteiger partial charge in [-0.3, -0.25) is 4.79 Å².